The highest BCUT2D eigenvalue weighted by Gasteiger charge is 2.34. The molecule has 0 spiro atoms. The molecular formula is C8H4F3NO2. The molecule has 2 aromatic rings. The van der Waals surface area contributed by atoms with E-state index in [4.69, 9.17) is 0 Å². The average molecular weight is 203 g/mol. The van der Waals surface area contributed by atoms with Gasteiger partial charge in [0.15, 0.2) is 5.58 Å². The van der Waals surface area contributed by atoms with E-state index < -0.39 is 22.9 Å². The molecule has 0 aliphatic carbocycles. The van der Waals surface area contributed by atoms with Gasteiger partial charge < -0.3 is 4.52 Å². The fourth-order valence-electron chi connectivity index (χ4n) is 1.20. The summed E-state index contributed by atoms with van der Waals surface area (Å²) in [6, 6.07) is 3.29. The molecule has 0 aliphatic rings. The van der Waals surface area contributed by atoms with Crippen LogP contribution in [0.15, 0.2) is 27.5 Å². The number of H-pyrrole nitrogens is 1. The molecule has 2 rings (SSSR count). The molecule has 1 N–H and O–H groups in total. The highest BCUT2D eigenvalue weighted by Crippen LogP contribution is 2.33. The van der Waals surface area contributed by atoms with E-state index in [-0.39, 0.29) is 5.39 Å². The van der Waals surface area contributed by atoms with Gasteiger partial charge in [-0.2, -0.15) is 18.3 Å². The number of rotatable bonds is 0. The van der Waals surface area contributed by atoms with Crippen LogP contribution in [0.3, 0.4) is 0 Å². The van der Waals surface area contributed by atoms with Gasteiger partial charge in [0.05, 0.1) is 5.39 Å². The fourth-order valence-corrected chi connectivity index (χ4v) is 1.20. The number of aromatic amines is 1. The monoisotopic (exact) mass is 203 g/mol. The maximum atomic E-state index is 12.4. The Hall–Kier alpha value is -1.72. The van der Waals surface area contributed by atoms with E-state index >= 15 is 0 Å². The second-order valence-corrected chi connectivity index (χ2v) is 2.71. The lowest BCUT2D eigenvalue weighted by molar-refractivity contribution is -0.137. The van der Waals surface area contributed by atoms with Crippen LogP contribution in [0, 0.1) is 0 Å². The van der Waals surface area contributed by atoms with Crippen LogP contribution >= 0.6 is 0 Å². The minimum absolute atomic E-state index is 0.0974. The summed E-state index contributed by atoms with van der Waals surface area (Å²) >= 11 is 0. The maximum absolute atomic E-state index is 12.4. The molecule has 0 bridgehead atoms. The summed E-state index contributed by atoms with van der Waals surface area (Å²) in [5, 5.41) is 1.76. The summed E-state index contributed by atoms with van der Waals surface area (Å²) in [6.45, 7) is 0. The molecule has 0 aliphatic heterocycles. The Morgan fingerprint density at radius 1 is 1.29 bits per heavy atom. The van der Waals surface area contributed by atoms with Crippen LogP contribution in [0.2, 0.25) is 0 Å². The first-order chi connectivity index (χ1) is 6.50. The third-order valence-electron chi connectivity index (χ3n) is 1.81. The van der Waals surface area contributed by atoms with Crippen molar-refractivity contribution in [1.82, 2.24) is 5.16 Å². The average Bonchev–Trinajstić information content (AvgIpc) is 2.46. The van der Waals surface area contributed by atoms with Gasteiger partial charge in [-0.05, 0) is 12.1 Å². The summed E-state index contributed by atoms with van der Waals surface area (Å²) in [4.78, 5) is 10.9. The predicted octanol–water partition coefficient (Wildman–Crippen LogP) is 2.14. The van der Waals surface area contributed by atoms with Crippen LogP contribution in [-0.4, -0.2) is 5.16 Å². The number of benzene rings is 1. The predicted molar refractivity (Wildman–Crippen MR) is 41.8 cm³/mol. The Kier molecular flexibility index (Phi) is 1.67. The van der Waals surface area contributed by atoms with E-state index in [9.17, 15) is 18.0 Å². The molecular weight excluding hydrogens is 199 g/mol. The van der Waals surface area contributed by atoms with Crippen molar-refractivity contribution >= 4 is 11.0 Å². The van der Waals surface area contributed by atoms with Crippen LogP contribution in [0.5, 0.6) is 0 Å². The van der Waals surface area contributed by atoms with Gasteiger partial charge in [0, 0.05) is 0 Å². The number of hydrogen-bond acceptors (Lipinski definition) is 2. The molecule has 0 radical (unpaired) electrons. The second kappa shape index (κ2) is 2.63. The lowest BCUT2D eigenvalue weighted by Gasteiger charge is -2.04. The summed E-state index contributed by atoms with van der Waals surface area (Å²) in [5.74, 6) is 0. The van der Waals surface area contributed by atoms with Crippen molar-refractivity contribution in [1.29, 1.82) is 0 Å². The quantitative estimate of drug-likeness (QED) is 0.712. The molecule has 1 heterocycles. The molecule has 0 fully saturated rings. The number of aromatic nitrogens is 1. The van der Waals surface area contributed by atoms with Gasteiger partial charge in [-0.3, -0.25) is 4.79 Å². The fraction of sp³-hybridized carbons (Fsp3) is 0.125. The number of fused-ring (bicyclic) bond motifs is 1. The number of hydrogen-bond donors (Lipinski definition) is 1. The van der Waals surface area contributed by atoms with E-state index in [0.717, 1.165) is 12.1 Å². The Morgan fingerprint density at radius 2 is 2.00 bits per heavy atom. The molecule has 74 valence electrons. The van der Waals surface area contributed by atoms with Crippen LogP contribution in [0.4, 0.5) is 13.2 Å². The molecule has 1 aromatic carbocycles. The van der Waals surface area contributed by atoms with Crippen LogP contribution in [-0.2, 0) is 6.18 Å². The third kappa shape index (κ3) is 1.19. The smallest absolute Gasteiger partial charge is 0.378 e. The number of nitrogens with one attached hydrogen (secondary N) is 1. The minimum Gasteiger partial charge on any atom is -0.378 e. The Balaban J connectivity index is 2.85. The second-order valence-electron chi connectivity index (χ2n) is 2.71. The lowest BCUT2D eigenvalue weighted by Crippen LogP contribution is -2.05. The molecule has 6 heteroatoms. The third-order valence-corrected chi connectivity index (χ3v) is 1.81. The summed E-state index contributed by atoms with van der Waals surface area (Å²) < 4.78 is 41.5. The molecule has 14 heavy (non-hydrogen) atoms. The van der Waals surface area contributed by atoms with Crippen molar-refractivity contribution in [3.63, 3.8) is 0 Å². The maximum Gasteiger partial charge on any atom is 0.420 e. The topological polar surface area (TPSA) is 46.0 Å². The lowest BCUT2D eigenvalue weighted by atomic mass is 10.1. The van der Waals surface area contributed by atoms with E-state index in [1.807, 2.05) is 5.16 Å². The molecule has 0 saturated carbocycles. The van der Waals surface area contributed by atoms with Gasteiger partial charge in [-0.15, -0.1) is 0 Å². The van der Waals surface area contributed by atoms with Crippen molar-refractivity contribution in [2.24, 2.45) is 0 Å². The first-order valence-electron chi connectivity index (χ1n) is 3.67. The molecule has 3 nitrogen and oxygen atoms in total. The van der Waals surface area contributed by atoms with E-state index in [1.54, 1.807) is 0 Å². The number of alkyl halides is 3. The van der Waals surface area contributed by atoms with Crippen molar-refractivity contribution in [3.8, 4) is 0 Å². The zero-order chi connectivity index (χ0) is 10.3. The highest BCUT2D eigenvalue weighted by atomic mass is 19.4. The molecule has 1 aromatic heterocycles. The van der Waals surface area contributed by atoms with Crippen LogP contribution in [0.1, 0.15) is 5.56 Å². The SMILES string of the molecule is O=c1[nH]oc2c(C(F)(F)F)cccc12. The van der Waals surface area contributed by atoms with Gasteiger partial charge in [-0.25, -0.2) is 0 Å². The standard InChI is InChI=1S/C8H4F3NO2/c9-8(10,11)5-3-1-2-4-6(5)14-12-7(4)13/h1-3H,(H,12,13). The van der Waals surface area contributed by atoms with Gasteiger partial charge in [-0.1, -0.05) is 6.07 Å². The number of halogens is 3. The zero-order valence-corrected chi connectivity index (χ0v) is 6.68. The summed E-state index contributed by atoms with van der Waals surface area (Å²) in [7, 11) is 0. The largest absolute Gasteiger partial charge is 0.420 e. The first-order valence-corrected chi connectivity index (χ1v) is 3.67. The van der Waals surface area contributed by atoms with E-state index in [1.165, 1.54) is 6.07 Å². The highest BCUT2D eigenvalue weighted by molar-refractivity contribution is 5.79. The Bertz CT molecular complexity index is 523. The van der Waals surface area contributed by atoms with Crippen molar-refractivity contribution in [3.05, 3.63) is 34.1 Å². The van der Waals surface area contributed by atoms with Crippen molar-refractivity contribution < 1.29 is 17.7 Å². The van der Waals surface area contributed by atoms with E-state index in [0.29, 0.717) is 0 Å². The Labute approximate surface area is 75.1 Å². The molecule has 0 amide bonds. The normalized spacial score (nSPS) is 12.2. The van der Waals surface area contributed by atoms with Crippen molar-refractivity contribution in [2.75, 3.05) is 0 Å². The minimum atomic E-state index is -4.52. The van der Waals surface area contributed by atoms with Gasteiger partial charge in [0.25, 0.3) is 5.56 Å². The first kappa shape index (κ1) is 8.86. The van der Waals surface area contributed by atoms with Gasteiger partial charge >= 0.3 is 6.18 Å². The van der Waals surface area contributed by atoms with Gasteiger partial charge in [0.1, 0.15) is 5.56 Å². The Morgan fingerprint density at radius 3 is 2.64 bits per heavy atom. The van der Waals surface area contributed by atoms with Gasteiger partial charge in [0.2, 0.25) is 0 Å². The molecule has 0 atom stereocenters. The molecule has 0 saturated heterocycles. The number of para-hydroxylation sites is 1. The molecule has 0 unspecified atom stereocenters. The zero-order valence-electron chi connectivity index (χ0n) is 6.68. The van der Waals surface area contributed by atoms with Crippen molar-refractivity contribution in [2.45, 2.75) is 6.18 Å². The van der Waals surface area contributed by atoms with E-state index in [2.05, 4.69) is 4.52 Å². The van der Waals surface area contributed by atoms with Crippen LogP contribution < -0.4 is 5.56 Å². The summed E-state index contributed by atoms with van der Waals surface area (Å²) in [5.41, 5.74) is -2.07. The van der Waals surface area contributed by atoms with Crippen LogP contribution in [0.25, 0.3) is 11.0 Å². The summed E-state index contributed by atoms with van der Waals surface area (Å²) in [6.07, 6.45) is -4.52.